The number of rotatable bonds is 5. The molecule has 3 rings (SSSR count). The summed E-state index contributed by atoms with van der Waals surface area (Å²) in [6, 6.07) is 15.1. The van der Waals surface area contributed by atoms with Crippen LogP contribution in [0, 0.1) is 0 Å². The van der Waals surface area contributed by atoms with Gasteiger partial charge in [0.1, 0.15) is 0 Å². The zero-order valence-electron chi connectivity index (χ0n) is 13.6. The Hall–Kier alpha value is -2.12. The molecule has 0 spiro atoms. The van der Waals surface area contributed by atoms with Crippen LogP contribution < -0.4 is 10.5 Å². The summed E-state index contributed by atoms with van der Waals surface area (Å²) in [5.74, 6) is -1.54. The van der Waals surface area contributed by atoms with Gasteiger partial charge in [0.25, 0.3) is 0 Å². The van der Waals surface area contributed by atoms with Crippen LogP contribution in [0.2, 0.25) is 0 Å². The first-order valence-electron chi connectivity index (χ1n) is 7.96. The zero-order chi connectivity index (χ0) is 18.7. The zero-order valence-corrected chi connectivity index (χ0v) is 16.8. The van der Waals surface area contributed by atoms with E-state index in [9.17, 15) is 14.7 Å². The molecule has 0 radical (unpaired) electrons. The molecule has 1 heterocycles. The molecule has 1 aliphatic rings. The van der Waals surface area contributed by atoms with Crippen molar-refractivity contribution in [2.75, 3.05) is 0 Å². The van der Waals surface area contributed by atoms with E-state index in [-0.39, 0.29) is 24.8 Å². The van der Waals surface area contributed by atoms with E-state index in [4.69, 9.17) is 0 Å². The Balaban J connectivity index is 1.90. The second-order valence-electron chi connectivity index (χ2n) is 5.83. The van der Waals surface area contributed by atoms with Crippen LogP contribution in [-0.4, -0.2) is 16.9 Å². The van der Waals surface area contributed by atoms with Gasteiger partial charge < -0.3 is 9.90 Å². The van der Waals surface area contributed by atoms with Crippen LogP contribution >= 0.6 is 31.9 Å². The molecule has 1 atom stereocenters. The predicted octanol–water partition coefficient (Wildman–Crippen LogP) is 3.17. The minimum atomic E-state index is -1.24. The molecule has 0 aliphatic carbocycles. The van der Waals surface area contributed by atoms with E-state index in [1.807, 2.05) is 54.6 Å². The lowest BCUT2D eigenvalue weighted by Crippen LogP contribution is -2.40. The fourth-order valence-electron chi connectivity index (χ4n) is 2.71. The maximum Gasteiger partial charge on any atom is 0.242 e. The lowest BCUT2D eigenvalue weighted by atomic mass is 10.0. The lowest BCUT2D eigenvalue weighted by Gasteiger charge is -2.25. The Bertz CT molecular complexity index is 848. The van der Waals surface area contributed by atoms with Gasteiger partial charge in [0.2, 0.25) is 5.91 Å². The molecule has 1 aliphatic heterocycles. The number of hydrogen-bond donors (Lipinski definition) is 1. The van der Waals surface area contributed by atoms with Gasteiger partial charge in [0.05, 0.1) is 11.7 Å². The number of hydrogen-bond acceptors (Lipinski definition) is 4. The molecule has 2 aromatic carbocycles. The minimum absolute atomic E-state index is 0.121. The number of aliphatic carboxylic acids is 1. The van der Waals surface area contributed by atoms with Crippen LogP contribution in [0.15, 0.2) is 63.6 Å². The van der Waals surface area contributed by atoms with Crippen molar-refractivity contribution in [2.24, 2.45) is 0 Å². The van der Waals surface area contributed by atoms with Gasteiger partial charge in [-0.05, 0) is 47.9 Å². The highest BCUT2D eigenvalue weighted by molar-refractivity contribution is 9.10. The van der Waals surface area contributed by atoms with E-state index in [1.54, 1.807) is 0 Å². The highest BCUT2D eigenvalue weighted by Crippen LogP contribution is 2.32. The summed E-state index contributed by atoms with van der Waals surface area (Å²) in [7, 11) is 0. The summed E-state index contributed by atoms with van der Waals surface area (Å²) in [4.78, 5) is 23.3. The number of carboxylic acids is 1. The Kier molecular flexibility index (Phi) is 5.78. The van der Waals surface area contributed by atoms with Gasteiger partial charge >= 0.3 is 0 Å². The molecule has 7 heteroatoms. The molecule has 1 unspecified atom stereocenters. The molecule has 0 saturated heterocycles. The topological polar surface area (TPSA) is 72.5 Å². The third-order valence-corrected chi connectivity index (χ3v) is 5.08. The number of benzene rings is 2. The molecular weight excluding hydrogens is 464 g/mol. The van der Waals surface area contributed by atoms with Crippen molar-refractivity contribution >= 4 is 49.4 Å². The summed E-state index contributed by atoms with van der Waals surface area (Å²) in [6.45, 7) is 0. The SMILES string of the molecule is O=C([O-])CCC(=O)N1NC(c2ccc(Br)cc2)=CC1c1ccc(Br)cc1. The molecule has 26 heavy (non-hydrogen) atoms. The van der Waals surface area contributed by atoms with Crippen molar-refractivity contribution in [3.05, 3.63) is 74.7 Å². The van der Waals surface area contributed by atoms with Crippen LogP contribution in [-0.2, 0) is 9.59 Å². The monoisotopic (exact) mass is 477 g/mol. The Morgan fingerprint density at radius 2 is 1.54 bits per heavy atom. The molecule has 1 N–H and O–H groups in total. The van der Waals surface area contributed by atoms with E-state index in [0.29, 0.717) is 0 Å². The first-order valence-corrected chi connectivity index (χ1v) is 9.54. The van der Waals surface area contributed by atoms with Crippen molar-refractivity contribution in [1.82, 2.24) is 10.4 Å². The number of carboxylic acid groups (broad SMARTS) is 1. The lowest BCUT2D eigenvalue weighted by molar-refractivity contribution is -0.305. The van der Waals surface area contributed by atoms with E-state index < -0.39 is 5.97 Å². The number of carbonyl (C=O) groups is 2. The molecule has 0 saturated carbocycles. The normalized spacial score (nSPS) is 16.2. The van der Waals surface area contributed by atoms with Gasteiger partial charge in [-0.25, -0.2) is 5.01 Å². The third-order valence-electron chi connectivity index (χ3n) is 4.02. The molecule has 2 aromatic rings. The molecule has 134 valence electrons. The fraction of sp³-hybridized carbons (Fsp3) is 0.158. The summed E-state index contributed by atoms with van der Waals surface area (Å²) in [5.41, 5.74) is 5.78. The van der Waals surface area contributed by atoms with Crippen molar-refractivity contribution in [3.8, 4) is 0 Å². The van der Waals surface area contributed by atoms with Crippen LogP contribution in [0.4, 0.5) is 0 Å². The number of halogens is 2. The van der Waals surface area contributed by atoms with E-state index in [0.717, 1.165) is 25.8 Å². The molecule has 0 fully saturated rings. The smallest absolute Gasteiger partial charge is 0.242 e. The number of nitrogens with one attached hydrogen (secondary N) is 1. The standard InChI is InChI=1S/C19H16Br2N2O3/c20-14-5-1-12(2-6-14)16-11-17(13-3-7-15(21)8-4-13)23(22-16)18(24)9-10-19(25)26/h1-8,11,17,22H,9-10H2,(H,25,26)/p-1. The van der Waals surface area contributed by atoms with Crippen molar-refractivity contribution in [3.63, 3.8) is 0 Å². The quantitative estimate of drug-likeness (QED) is 0.716. The van der Waals surface area contributed by atoms with Gasteiger partial charge in [0, 0.05) is 21.3 Å². The van der Waals surface area contributed by atoms with Gasteiger partial charge in [-0.1, -0.05) is 56.1 Å². The summed E-state index contributed by atoms with van der Waals surface area (Å²) in [6.07, 6.45) is 1.53. The number of amides is 1. The van der Waals surface area contributed by atoms with Crippen LogP contribution in [0.3, 0.4) is 0 Å². The van der Waals surface area contributed by atoms with Crippen molar-refractivity contribution in [1.29, 1.82) is 0 Å². The first kappa shape index (κ1) is 18.7. The van der Waals surface area contributed by atoms with Crippen LogP contribution in [0.25, 0.3) is 5.70 Å². The number of hydrazine groups is 1. The number of nitrogens with zero attached hydrogens (tertiary/aromatic N) is 1. The predicted molar refractivity (Wildman–Crippen MR) is 103 cm³/mol. The Labute approximate surface area is 167 Å². The van der Waals surface area contributed by atoms with Gasteiger partial charge in [-0.3, -0.25) is 10.2 Å². The van der Waals surface area contributed by atoms with Crippen molar-refractivity contribution in [2.45, 2.75) is 18.9 Å². The van der Waals surface area contributed by atoms with Gasteiger partial charge in [-0.2, -0.15) is 0 Å². The van der Waals surface area contributed by atoms with E-state index >= 15 is 0 Å². The van der Waals surface area contributed by atoms with E-state index in [2.05, 4.69) is 37.3 Å². The minimum Gasteiger partial charge on any atom is -0.550 e. The fourth-order valence-corrected chi connectivity index (χ4v) is 3.24. The molecule has 1 amide bonds. The molecule has 5 nitrogen and oxygen atoms in total. The molecular formula is C19H15Br2N2O3-. The summed E-state index contributed by atoms with van der Waals surface area (Å²) in [5, 5.41) is 12.2. The van der Waals surface area contributed by atoms with Crippen LogP contribution in [0.1, 0.15) is 30.0 Å². The third kappa shape index (κ3) is 4.34. The summed E-state index contributed by atoms with van der Waals surface area (Å²) < 4.78 is 1.91. The highest BCUT2D eigenvalue weighted by Gasteiger charge is 2.30. The second kappa shape index (κ2) is 8.05. The van der Waals surface area contributed by atoms with Crippen molar-refractivity contribution < 1.29 is 14.7 Å². The van der Waals surface area contributed by atoms with Gasteiger partial charge in [0.15, 0.2) is 0 Å². The van der Waals surface area contributed by atoms with Crippen LogP contribution in [0.5, 0.6) is 0 Å². The Morgan fingerprint density at radius 3 is 2.12 bits per heavy atom. The van der Waals surface area contributed by atoms with Gasteiger partial charge in [-0.15, -0.1) is 0 Å². The van der Waals surface area contributed by atoms with E-state index in [1.165, 1.54) is 5.01 Å². The maximum atomic E-state index is 12.6. The Morgan fingerprint density at radius 1 is 0.962 bits per heavy atom. The average Bonchev–Trinajstić information content (AvgIpc) is 3.06. The maximum absolute atomic E-state index is 12.6. The largest absolute Gasteiger partial charge is 0.550 e. The first-order chi connectivity index (χ1) is 12.4. The average molecular weight is 479 g/mol. The highest BCUT2D eigenvalue weighted by atomic mass is 79.9. The number of carbonyl (C=O) groups excluding carboxylic acids is 2. The second-order valence-corrected chi connectivity index (χ2v) is 7.66. The molecule has 0 aromatic heterocycles. The summed E-state index contributed by atoms with van der Waals surface area (Å²) >= 11 is 6.81. The molecule has 0 bridgehead atoms.